The summed E-state index contributed by atoms with van der Waals surface area (Å²) in [6.45, 7) is 1.46. The maximum absolute atomic E-state index is 10.7. The molecule has 0 fully saturated rings. The molecule has 0 aromatic heterocycles. The fraction of sp³-hybridized carbons (Fsp3) is 0.222. The van der Waals surface area contributed by atoms with Gasteiger partial charge in [0, 0.05) is 0 Å². The quantitative estimate of drug-likeness (QED) is 0.623. The second-order valence-electron chi connectivity index (χ2n) is 3.12. The van der Waals surface area contributed by atoms with E-state index in [-0.39, 0.29) is 10.6 Å². The molecule has 0 aliphatic carbocycles. The van der Waals surface area contributed by atoms with Crippen molar-refractivity contribution in [2.45, 2.75) is 13.0 Å². The summed E-state index contributed by atoms with van der Waals surface area (Å²) in [4.78, 5) is 20.6. The van der Waals surface area contributed by atoms with Gasteiger partial charge in [0.2, 0.25) is 0 Å². The van der Waals surface area contributed by atoms with Crippen LogP contribution in [0.2, 0.25) is 5.02 Å². The lowest BCUT2D eigenvalue weighted by molar-refractivity contribution is -0.386. The Labute approximate surface area is 95.2 Å². The van der Waals surface area contributed by atoms with Crippen molar-refractivity contribution < 1.29 is 19.9 Å². The minimum Gasteiger partial charge on any atom is -0.479 e. The van der Waals surface area contributed by atoms with Crippen LogP contribution in [0.15, 0.2) is 12.1 Å². The van der Waals surface area contributed by atoms with E-state index in [0.29, 0.717) is 5.56 Å². The van der Waals surface area contributed by atoms with Crippen LogP contribution < -0.4 is 0 Å². The molecule has 7 heteroatoms. The molecular weight excluding hydrogens is 238 g/mol. The Bertz CT molecular complexity index is 459. The summed E-state index contributed by atoms with van der Waals surface area (Å²) in [5.41, 5.74) is -0.562. The zero-order valence-electron chi connectivity index (χ0n) is 8.18. The fourth-order valence-electron chi connectivity index (χ4n) is 1.34. The molecule has 0 bridgehead atoms. The van der Waals surface area contributed by atoms with E-state index >= 15 is 0 Å². The molecule has 0 saturated carbocycles. The number of aliphatic carboxylic acids is 1. The summed E-state index contributed by atoms with van der Waals surface area (Å²) < 4.78 is 0. The maximum atomic E-state index is 10.7. The van der Waals surface area contributed by atoms with E-state index in [2.05, 4.69) is 0 Å². The van der Waals surface area contributed by atoms with Gasteiger partial charge in [0.05, 0.1) is 10.5 Å². The first-order chi connectivity index (χ1) is 7.36. The van der Waals surface area contributed by atoms with Gasteiger partial charge >= 0.3 is 5.97 Å². The molecule has 86 valence electrons. The highest BCUT2D eigenvalue weighted by molar-refractivity contribution is 6.32. The second-order valence-corrected chi connectivity index (χ2v) is 3.53. The molecule has 0 aliphatic rings. The Morgan fingerprint density at radius 1 is 1.56 bits per heavy atom. The van der Waals surface area contributed by atoms with Crippen molar-refractivity contribution in [1.29, 1.82) is 0 Å². The average molecular weight is 246 g/mol. The molecule has 0 amide bonds. The lowest BCUT2D eigenvalue weighted by Gasteiger charge is -2.10. The number of aryl methyl sites for hydroxylation is 1. The topological polar surface area (TPSA) is 101 Å². The van der Waals surface area contributed by atoms with Gasteiger partial charge in [-0.05, 0) is 18.6 Å². The number of nitro benzene ring substituents is 1. The molecule has 1 aromatic rings. The van der Waals surface area contributed by atoms with E-state index in [1.54, 1.807) is 0 Å². The summed E-state index contributed by atoms with van der Waals surface area (Å²) >= 11 is 5.60. The van der Waals surface area contributed by atoms with Crippen LogP contribution in [0.5, 0.6) is 0 Å². The van der Waals surface area contributed by atoms with Gasteiger partial charge in [-0.2, -0.15) is 0 Å². The standard InChI is InChI=1S/C9H8ClNO5/c1-4-2-3-5(10)7(11(15)16)6(4)8(12)9(13)14/h2-3,8,12H,1H3,(H,13,14). The van der Waals surface area contributed by atoms with Crippen LogP contribution in [0, 0.1) is 17.0 Å². The minimum atomic E-state index is -1.96. The number of benzene rings is 1. The number of carboxylic acids is 1. The summed E-state index contributed by atoms with van der Waals surface area (Å²) in [6.07, 6.45) is -1.96. The van der Waals surface area contributed by atoms with E-state index in [4.69, 9.17) is 16.7 Å². The molecular formula is C9H8ClNO5. The molecule has 0 aliphatic heterocycles. The van der Waals surface area contributed by atoms with Crippen molar-refractivity contribution in [2.24, 2.45) is 0 Å². The predicted octanol–water partition coefficient (Wildman–Crippen LogP) is 1.67. The largest absolute Gasteiger partial charge is 0.479 e. The Kier molecular flexibility index (Phi) is 3.46. The van der Waals surface area contributed by atoms with E-state index in [0.717, 1.165) is 0 Å². The number of halogens is 1. The van der Waals surface area contributed by atoms with E-state index < -0.39 is 22.7 Å². The van der Waals surface area contributed by atoms with Crippen molar-refractivity contribution >= 4 is 23.3 Å². The number of carboxylic acid groups (broad SMARTS) is 1. The monoisotopic (exact) mass is 245 g/mol. The third-order valence-electron chi connectivity index (χ3n) is 2.08. The van der Waals surface area contributed by atoms with Crippen molar-refractivity contribution in [3.63, 3.8) is 0 Å². The van der Waals surface area contributed by atoms with E-state index in [1.165, 1.54) is 19.1 Å². The number of aliphatic hydroxyl groups is 1. The maximum Gasteiger partial charge on any atom is 0.337 e. The van der Waals surface area contributed by atoms with Crippen LogP contribution in [0.1, 0.15) is 17.2 Å². The van der Waals surface area contributed by atoms with Crippen LogP contribution in [-0.4, -0.2) is 21.1 Å². The van der Waals surface area contributed by atoms with Crippen LogP contribution in [-0.2, 0) is 4.79 Å². The van der Waals surface area contributed by atoms with Crippen LogP contribution in [0.3, 0.4) is 0 Å². The molecule has 2 N–H and O–H groups in total. The third-order valence-corrected chi connectivity index (χ3v) is 2.38. The first kappa shape index (κ1) is 12.4. The highest BCUT2D eigenvalue weighted by Gasteiger charge is 2.30. The molecule has 0 radical (unpaired) electrons. The molecule has 0 spiro atoms. The summed E-state index contributed by atoms with van der Waals surface area (Å²) in [7, 11) is 0. The number of hydrogen-bond acceptors (Lipinski definition) is 4. The number of nitrogens with zero attached hydrogens (tertiary/aromatic N) is 1. The molecule has 0 saturated heterocycles. The Morgan fingerprint density at radius 2 is 2.12 bits per heavy atom. The first-order valence-corrected chi connectivity index (χ1v) is 4.58. The lowest BCUT2D eigenvalue weighted by atomic mass is 10.0. The van der Waals surface area contributed by atoms with Gasteiger partial charge in [0.1, 0.15) is 5.02 Å². The predicted molar refractivity (Wildman–Crippen MR) is 55.4 cm³/mol. The molecule has 1 unspecified atom stereocenters. The number of aliphatic hydroxyl groups excluding tert-OH is 1. The van der Waals surface area contributed by atoms with E-state index in [9.17, 15) is 20.0 Å². The van der Waals surface area contributed by atoms with Gasteiger partial charge in [0.25, 0.3) is 5.69 Å². The Balaban J connectivity index is 3.52. The average Bonchev–Trinajstić information content (AvgIpc) is 2.19. The van der Waals surface area contributed by atoms with Gasteiger partial charge in [-0.1, -0.05) is 17.7 Å². The van der Waals surface area contributed by atoms with Crippen LogP contribution in [0.25, 0.3) is 0 Å². The molecule has 16 heavy (non-hydrogen) atoms. The third kappa shape index (κ3) is 2.12. The van der Waals surface area contributed by atoms with Crippen LogP contribution >= 0.6 is 11.6 Å². The number of rotatable bonds is 3. The van der Waals surface area contributed by atoms with Gasteiger partial charge in [-0.25, -0.2) is 4.79 Å². The van der Waals surface area contributed by atoms with Gasteiger partial charge in [-0.15, -0.1) is 0 Å². The molecule has 0 heterocycles. The normalized spacial score (nSPS) is 12.2. The fourth-order valence-corrected chi connectivity index (χ4v) is 1.57. The zero-order chi connectivity index (χ0) is 12.5. The zero-order valence-corrected chi connectivity index (χ0v) is 8.93. The number of nitro groups is 1. The highest BCUT2D eigenvalue weighted by Crippen LogP contribution is 2.34. The summed E-state index contributed by atoms with van der Waals surface area (Å²) in [5, 5.41) is 28.5. The SMILES string of the molecule is Cc1ccc(Cl)c([N+](=O)[O-])c1C(O)C(=O)O. The number of hydrogen-bond donors (Lipinski definition) is 2. The minimum absolute atomic E-state index is 0.203. The lowest BCUT2D eigenvalue weighted by Crippen LogP contribution is -2.14. The van der Waals surface area contributed by atoms with Crippen molar-refractivity contribution in [1.82, 2.24) is 0 Å². The highest BCUT2D eigenvalue weighted by atomic mass is 35.5. The van der Waals surface area contributed by atoms with Crippen molar-refractivity contribution in [2.75, 3.05) is 0 Å². The van der Waals surface area contributed by atoms with Crippen molar-refractivity contribution in [3.05, 3.63) is 38.4 Å². The first-order valence-electron chi connectivity index (χ1n) is 4.20. The second kappa shape index (κ2) is 4.46. The molecule has 1 aromatic carbocycles. The van der Waals surface area contributed by atoms with Gasteiger partial charge < -0.3 is 10.2 Å². The molecule has 6 nitrogen and oxygen atoms in total. The summed E-state index contributed by atoms with van der Waals surface area (Å²) in [6, 6.07) is 2.70. The summed E-state index contributed by atoms with van der Waals surface area (Å²) in [5.74, 6) is -1.56. The Hall–Kier alpha value is -1.66. The smallest absolute Gasteiger partial charge is 0.337 e. The Morgan fingerprint density at radius 3 is 2.56 bits per heavy atom. The molecule has 1 rings (SSSR count). The van der Waals surface area contributed by atoms with Gasteiger partial charge in [-0.3, -0.25) is 10.1 Å². The van der Waals surface area contributed by atoms with Crippen LogP contribution in [0.4, 0.5) is 5.69 Å². The molecule has 1 atom stereocenters. The number of carbonyl (C=O) groups is 1. The van der Waals surface area contributed by atoms with E-state index in [1.807, 2.05) is 0 Å². The van der Waals surface area contributed by atoms with Crippen molar-refractivity contribution in [3.8, 4) is 0 Å². The van der Waals surface area contributed by atoms with Gasteiger partial charge in [0.15, 0.2) is 6.10 Å².